The van der Waals surface area contributed by atoms with Crippen molar-refractivity contribution in [2.45, 2.75) is 31.3 Å². The van der Waals surface area contributed by atoms with Crippen LogP contribution in [0.4, 0.5) is 0 Å². The number of carbonyl (C=O) groups is 1. The fourth-order valence-electron chi connectivity index (χ4n) is 1.68. The van der Waals surface area contributed by atoms with Gasteiger partial charge in [-0.05, 0) is 25.7 Å². The van der Waals surface area contributed by atoms with Crippen molar-refractivity contribution < 1.29 is 14.6 Å². The van der Waals surface area contributed by atoms with Crippen LogP contribution in [0, 0.1) is 0 Å². The summed E-state index contributed by atoms with van der Waals surface area (Å²) in [5.41, 5.74) is -0.559. The van der Waals surface area contributed by atoms with E-state index in [0.717, 1.165) is 25.7 Å². The van der Waals surface area contributed by atoms with Crippen LogP contribution >= 0.6 is 0 Å². The van der Waals surface area contributed by atoms with Gasteiger partial charge in [0.15, 0.2) is 0 Å². The van der Waals surface area contributed by atoms with E-state index in [1.807, 2.05) is 0 Å². The van der Waals surface area contributed by atoms with E-state index in [1.54, 1.807) is 7.11 Å². The van der Waals surface area contributed by atoms with E-state index in [9.17, 15) is 9.90 Å². The number of nitrogens with one attached hydrogen (secondary N) is 2. The molecular formula is C11H22N2O3. The van der Waals surface area contributed by atoms with Crippen molar-refractivity contribution in [2.24, 2.45) is 0 Å². The van der Waals surface area contributed by atoms with E-state index >= 15 is 0 Å². The molecule has 1 aliphatic carbocycles. The van der Waals surface area contributed by atoms with E-state index in [2.05, 4.69) is 10.6 Å². The molecule has 5 heteroatoms. The first kappa shape index (κ1) is 13.4. The highest BCUT2D eigenvalue weighted by atomic mass is 16.5. The lowest BCUT2D eigenvalue weighted by molar-refractivity contribution is -0.120. The lowest BCUT2D eigenvalue weighted by Gasteiger charge is -2.36. The first-order chi connectivity index (χ1) is 7.66. The fraction of sp³-hybridized carbons (Fsp3) is 0.909. The van der Waals surface area contributed by atoms with Crippen LogP contribution in [-0.2, 0) is 9.53 Å². The van der Waals surface area contributed by atoms with Crippen LogP contribution in [0.1, 0.15) is 25.7 Å². The van der Waals surface area contributed by atoms with Crippen LogP contribution in [-0.4, -0.2) is 50.0 Å². The summed E-state index contributed by atoms with van der Waals surface area (Å²) in [4.78, 5) is 11.3. The zero-order chi connectivity index (χ0) is 11.9. The van der Waals surface area contributed by atoms with Crippen LogP contribution in [0.5, 0.6) is 0 Å². The van der Waals surface area contributed by atoms with Gasteiger partial charge in [-0.15, -0.1) is 0 Å². The molecule has 0 aromatic carbocycles. The maximum atomic E-state index is 11.3. The molecule has 0 atom stereocenters. The van der Waals surface area contributed by atoms with Gasteiger partial charge in [0.2, 0.25) is 5.91 Å². The van der Waals surface area contributed by atoms with Gasteiger partial charge < -0.3 is 20.5 Å². The molecular weight excluding hydrogens is 208 g/mol. The van der Waals surface area contributed by atoms with E-state index in [0.29, 0.717) is 19.7 Å². The predicted molar refractivity (Wildman–Crippen MR) is 61.2 cm³/mol. The minimum absolute atomic E-state index is 0.0287. The van der Waals surface area contributed by atoms with Crippen LogP contribution in [0.3, 0.4) is 0 Å². The topological polar surface area (TPSA) is 70.6 Å². The van der Waals surface area contributed by atoms with Crippen molar-refractivity contribution in [2.75, 3.05) is 33.4 Å². The van der Waals surface area contributed by atoms with Gasteiger partial charge >= 0.3 is 0 Å². The molecule has 1 rings (SSSR count). The highest BCUT2D eigenvalue weighted by molar-refractivity contribution is 5.77. The van der Waals surface area contributed by atoms with Crippen molar-refractivity contribution in [3.63, 3.8) is 0 Å². The molecule has 16 heavy (non-hydrogen) atoms. The van der Waals surface area contributed by atoms with E-state index in [-0.39, 0.29) is 12.5 Å². The molecule has 0 aromatic heterocycles. The summed E-state index contributed by atoms with van der Waals surface area (Å²) < 4.78 is 4.87. The number of ether oxygens (including phenoxy) is 1. The Kier molecular flexibility index (Phi) is 5.73. The number of hydrogen-bond donors (Lipinski definition) is 3. The minimum atomic E-state index is -0.559. The Labute approximate surface area is 96.6 Å². The maximum absolute atomic E-state index is 11.3. The Morgan fingerprint density at radius 3 is 2.81 bits per heavy atom. The lowest BCUT2D eigenvalue weighted by atomic mass is 9.80. The highest BCUT2D eigenvalue weighted by Crippen LogP contribution is 2.30. The fourth-order valence-corrected chi connectivity index (χ4v) is 1.68. The maximum Gasteiger partial charge on any atom is 0.233 e. The van der Waals surface area contributed by atoms with E-state index < -0.39 is 5.60 Å². The molecule has 5 nitrogen and oxygen atoms in total. The van der Waals surface area contributed by atoms with Gasteiger partial charge in [0.1, 0.15) is 0 Å². The number of methoxy groups -OCH3 is 1. The largest absolute Gasteiger partial charge is 0.389 e. The molecule has 0 aliphatic heterocycles. The summed E-state index contributed by atoms with van der Waals surface area (Å²) in [6.07, 6.45) is 3.60. The van der Waals surface area contributed by atoms with E-state index in [1.165, 1.54) is 0 Å². The number of rotatable bonds is 8. The van der Waals surface area contributed by atoms with Crippen LogP contribution in [0.25, 0.3) is 0 Å². The third-order valence-electron chi connectivity index (χ3n) is 2.87. The Bertz CT molecular complexity index is 217. The summed E-state index contributed by atoms with van der Waals surface area (Å²) in [6.45, 7) is 2.08. The van der Waals surface area contributed by atoms with Crippen molar-refractivity contribution in [3.8, 4) is 0 Å². The molecule has 0 saturated heterocycles. The van der Waals surface area contributed by atoms with Gasteiger partial charge in [-0.2, -0.15) is 0 Å². The second kappa shape index (κ2) is 6.83. The molecule has 1 aliphatic rings. The van der Waals surface area contributed by atoms with Crippen molar-refractivity contribution in [3.05, 3.63) is 0 Å². The number of carbonyl (C=O) groups excluding carboxylic acids is 1. The molecule has 0 radical (unpaired) electrons. The molecule has 0 heterocycles. The average molecular weight is 230 g/mol. The summed E-state index contributed by atoms with van der Waals surface area (Å²) in [6, 6.07) is 0. The molecule has 0 spiro atoms. The minimum Gasteiger partial charge on any atom is -0.389 e. The SMILES string of the molecule is COCCCNC(=O)CNCC1(O)CCC1. The first-order valence-electron chi connectivity index (χ1n) is 5.85. The zero-order valence-corrected chi connectivity index (χ0v) is 9.92. The summed E-state index contributed by atoms with van der Waals surface area (Å²) in [5, 5.41) is 15.5. The van der Waals surface area contributed by atoms with Crippen LogP contribution < -0.4 is 10.6 Å². The third kappa shape index (κ3) is 4.92. The van der Waals surface area contributed by atoms with Crippen molar-refractivity contribution in [1.29, 1.82) is 0 Å². The Morgan fingerprint density at radius 2 is 2.25 bits per heavy atom. The summed E-state index contributed by atoms with van der Waals surface area (Å²) in [7, 11) is 1.64. The first-order valence-corrected chi connectivity index (χ1v) is 5.85. The smallest absolute Gasteiger partial charge is 0.233 e. The third-order valence-corrected chi connectivity index (χ3v) is 2.87. The lowest BCUT2D eigenvalue weighted by Crippen LogP contribution is -2.48. The quantitative estimate of drug-likeness (QED) is 0.498. The Morgan fingerprint density at radius 1 is 1.50 bits per heavy atom. The molecule has 3 N–H and O–H groups in total. The molecule has 1 amide bonds. The summed E-state index contributed by atoms with van der Waals surface area (Å²) >= 11 is 0. The number of hydrogen-bond acceptors (Lipinski definition) is 4. The molecule has 0 unspecified atom stereocenters. The van der Waals surface area contributed by atoms with Crippen molar-refractivity contribution in [1.82, 2.24) is 10.6 Å². The monoisotopic (exact) mass is 230 g/mol. The van der Waals surface area contributed by atoms with Gasteiger partial charge in [-0.1, -0.05) is 0 Å². The van der Waals surface area contributed by atoms with Crippen LogP contribution in [0.15, 0.2) is 0 Å². The number of aliphatic hydroxyl groups is 1. The highest BCUT2D eigenvalue weighted by Gasteiger charge is 2.33. The second-order valence-electron chi connectivity index (χ2n) is 4.38. The number of amides is 1. The van der Waals surface area contributed by atoms with Gasteiger partial charge in [-0.3, -0.25) is 4.79 Å². The van der Waals surface area contributed by atoms with Gasteiger partial charge in [0, 0.05) is 26.8 Å². The summed E-state index contributed by atoms with van der Waals surface area (Å²) in [5.74, 6) is -0.0287. The zero-order valence-electron chi connectivity index (χ0n) is 9.92. The average Bonchev–Trinajstić information content (AvgIpc) is 2.22. The molecule has 1 fully saturated rings. The normalized spacial score (nSPS) is 17.9. The second-order valence-corrected chi connectivity index (χ2v) is 4.38. The van der Waals surface area contributed by atoms with Gasteiger partial charge in [0.05, 0.1) is 12.1 Å². The molecule has 0 aromatic rings. The standard InChI is InChI=1S/C11H22N2O3/c1-16-7-3-6-13-10(14)8-12-9-11(15)4-2-5-11/h12,15H,2-9H2,1H3,(H,13,14). The molecule has 94 valence electrons. The van der Waals surface area contributed by atoms with Crippen LogP contribution in [0.2, 0.25) is 0 Å². The van der Waals surface area contributed by atoms with Gasteiger partial charge in [0.25, 0.3) is 0 Å². The van der Waals surface area contributed by atoms with Gasteiger partial charge in [-0.25, -0.2) is 0 Å². The van der Waals surface area contributed by atoms with E-state index in [4.69, 9.17) is 4.74 Å². The Hall–Kier alpha value is -0.650. The molecule has 0 bridgehead atoms. The Balaban J connectivity index is 1.93. The predicted octanol–water partition coefficient (Wildman–Crippen LogP) is -0.356. The molecule has 1 saturated carbocycles. The van der Waals surface area contributed by atoms with Crippen molar-refractivity contribution >= 4 is 5.91 Å².